The predicted molar refractivity (Wildman–Crippen MR) is 62.3 cm³/mol. The first kappa shape index (κ1) is 14.4. The topological polar surface area (TPSA) is 46.5 Å². The Kier molecular flexibility index (Phi) is 3.94. The normalized spacial score (nSPS) is 13.2. The van der Waals surface area contributed by atoms with Crippen LogP contribution in [0.4, 0.5) is 8.78 Å². The molecule has 0 aliphatic heterocycles. The fraction of sp³-hybridized carbons (Fsp3) is 0.462. The summed E-state index contributed by atoms with van der Waals surface area (Å²) in [4.78, 5) is 11.8. The van der Waals surface area contributed by atoms with Crippen LogP contribution in [-0.4, -0.2) is 16.7 Å². The number of rotatable bonds is 2. The number of carbonyl (C=O) groups excluding carboxylic acids is 1. The van der Waals surface area contributed by atoms with Gasteiger partial charge in [0.1, 0.15) is 11.4 Å². The van der Waals surface area contributed by atoms with E-state index in [4.69, 9.17) is 4.74 Å². The minimum absolute atomic E-state index is 0.123. The highest BCUT2D eigenvalue weighted by Crippen LogP contribution is 2.30. The summed E-state index contributed by atoms with van der Waals surface area (Å²) in [6.07, 6.45) is 0. The number of esters is 1. The van der Waals surface area contributed by atoms with Crippen LogP contribution < -0.4 is 0 Å². The first-order valence-corrected chi connectivity index (χ1v) is 5.52. The van der Waals surface area contributed by atoms with Crippen LogP contribution in [0.3, 0.4) is 0 Å². The predicted octanol–water partition coefficient (Wildman–Crippen LogP) is 3.12. The third-order valence-corrected chi connectivity index (χ3v) is 2.28. The summed E-state index contributed by atoms with van der Waals surface area (Å²) in [7, 11) is 0. The van der Waals surface area contributed by atoms with Crippen LogP contribution in [0, 0.1) is 11.6 Å². The molecule has 0 heterocycles. The molecule has 1 aromatic carbocycles. The maximum atomic E-state index is 13.2. The maximum Gasteiger partial charge on any atom is 0.313 e. The minimum atomic E-state index is -1.10. The number of halogens is 2. The van der Waals surface area contributed by atoms with Crippen molar-refractivity contribution in [2.24, 2.45) is 0 Å². The zero-order valence-electron chi connectivity index (χ0n) is 10.8. The van der Waals surface area contributed by atoms with Crippen molar-refractivity contribution in [3.05, 3.63) is 29.3 Å². The van der Waals surface area contributed by atoms with E-state index in [1.54, 1.807) is 20.8 Å². The molecule has 18 heavy (non-hydrogen) atoms. The Balaban J connectivity index is 3.04. The van der Waals surface area contributed by atoms with Gasteiger partial charge in [-0.2, -0.15) is 0 Å². The SMILES string of the molecule is C[C@@H](C(=O)OC(C)(C)C)c1cc(F)cc(F)c1O. The largest absolute Gasteiger partial charge is 0.505 e. The molecular weight excluding hydrogens is 242 g/mol. The number of hydrogen-bond acceptors (Lipinski definition) is 3. The van der Waals surface area contributed by atoms with E-state index in [2.05, 4.69) is 0 Å². The molecule has 0 unspecified atom stereocenters. The van der Waals surface area contributed by atoms with Crippen molar-refractivity contribution < 1.29 is 23.4 Å². The van der Waals surface area contributed by atoms with Gasteiger partial charge in [0.15, 0.2) is 11.6 Å². The lowest BCUT2D eigenvalue weighted by atomic mass is 9.99. The summed E-state index contributed by atoms with van der Waals surface area (Å²) >= 11 is 0. The molecule has 0 aliphatic carbocycles. The van der Waals surface area contributed by atoms with Gasteiger partial charge in [-0.3, -0.25) is 4.79 Å². The van der Waals surface area contributed by atoms with Crippen LogP contribution in [0.25, 0.3) is 0 Å². The number of hydrogen-bond donors (Lipinski definition) is 1. The van der Waals surface area contributed by atoms with E-state index < -0.39 is 34.9 Å². The molecule has 1 rings (SSSR count). The fourth-order valence-electron chi connectivity index (χ4n) is 1.43. The fourth-order valence-corrected chi connectivity index (χ4v) is 1.43. The van der Waals surface area contributed by atoms with Crippen LogP contribution in [-0.2, 0) is 9.53 Å². The van der Waals surface area contributed by atoms with E-state index >= 15 is 0 Å². The molecule has 0 spiro atoms. The van der Waals surface area contributed by atoms with Gasteiger partial charge < -0.3 is 9.84 Å². The maximum absolute atomic E-state index is 13.2. The Labute approximate surface area is 104 Å². The first-order valence-electron chi connectivity index (χ1n) is 5.52. The number of ether oxygens (including phenoxy) is 1. The Morgan fingerprint density at radius 2 is 1.89 bits per heavy atom. The number of carbonyl (C=O) groups is 1. The zero-order valence-corrected chi connectivity index (χ0v) is 10.8. The summed E-state index contributed by atoms with van der Waals surface area (Å²) in [5, 5.41) is 9.49. The second kappa shape index (κ2) is 4.92. The smallest absolute Gasteiger partial charge is 0.313 e. The van der Waals surface area contributed by atoms with Gasteiger partial charge in [-0.05, 0) is 33.8 Å². The molecule has 1 aromatic rings. The minimum Gasteiger partial charge on any atom is -0.505 e. The lowest BCUT2D eigenvalue weighted by molar-refractivity contribution is -0.156. The van der Waals surface area contributed by atoms with Gasteiger partial charge in [-0.1, -0.05) is 0 Å². The Morgan fingerprint density at radius 3 is 2.39 bits per heavy atom. The Morgan fingerprint density at radius 1 is 1.33 bits per heavy atom. The van der Waals surface area contributed by atoms with E-state index in [1.165, 1.54) is 6.92 Å². The molecule has 0 saturated heterocycles. The lowest BCUT2D eigenvalue weighted by Gasteiger charge is -2.22. The van der Waals surface area contributed by atoms with Gasteiger partial charge in [0, 0.05) is 11.6 Å². The second-order valence-electron chi connectivity index (χ2n) is 5.08. The lowest BCUT2D eigenvalue weighted by Crippen LogP contribution is -2.27. The molecule has 1 N–H and O–H groups in total. The molecule has 1 atom stereocenters. The van der Waals surface area contributed by atoms with Crippen LogP contribution in [0.5, 0.6) is 5.75 Å². The van der Waals surface area contributed by atoms with Crippen LogP contribution in [0.1, 0.15) is 39.2 Å². The quantitative estimate of drug-likeness (QED) is 0.829. The van der Waals surface area contributed by atoms with Crippen LogP contribution >= 0.6 is 0 Å². The molecule has 0 bridgehead atoms. The van der Waals surface area contributed by atoms with E-state index in [0.717, 1.165) is 6.07 Å². The summed E-state index contributed by atoms with van der Waals surface area (Å²) in [6.45, 7) is 6.47. The van der Waals surface area contributed by atoms with E-state index in [-0.39, 0.29) is 5.56 Å². The molecule has 0 fully saturated rings. The summed E-state index contributed by atoms with van der Waals surface area (Å²) in [5.41, 5.74) is -0.825. The molecule has 0 radical (unpaired) electrons. The van der Waals surface area contributed by atoms with Crippen molar-refractivity contribution in [3.8, 4) is 5.75 Å². The standard InChI is InChI=1S/C13H16F2O3/c1-7(12(17)18-13(2,3)4)9-5-8(14)6-10(15)11(9)16/h5-7,16H,1-4H3/t7-/m1/s1. The summed E-state index contributed by atoms with van der Waals surface area (Å²) < 4.78 is 31.3. The number of phenols is 1. The third kappa shape index (κ3) is 3.42. The van der Waals surface area contributed by atoms with Crippen molar-refractivity contribution in [3.63, 3.8) is 0 Å². The van der Waals surface area contributed by atoms with Crippen molar-refractivity contribution in [2.45, 2.75) is 39.2 Å². The van der Waals surface area contributed by atoms with E-state index in [9.17, 15) is 18.7 Å². The molecule has 100 valence electrons. The number of phenolic OH excluding ortho intramolecular Hbond substituents is 1. The first-order chi connectivity index (χ1) is 8.11. The van der Waals surface area contributed by atoms with Gasteiger partial charge in [-0.15, -0.1) is 0 Å². The molecule has 0 aliphatic rings. The van der Waals surface area contributed by atoms with Crippen molar-refractivity contribution in [2.75, 3.05) is 0 Å². The molecule has 5 heteroatoms. The molecule has 0 saturated carbocycles. The highest BCUT2D eigenvalue weighted by molar-refractivity contribution is 5.79. The van der Waals surface area contributed by atoms with Crippen molar-refractivity contribution in [1.29, 1.82) is 0 Å². The average molecular weight is 258 g/mol. The molecular formula is C13H16F2O3. The van der Waals surface area contributed by atoms with E-state index in [0.29, 0.717) is 6.07 Å². The molecule has 0 aromatic heterocycles. The van der Waals surface area contributed by atoms with Gasteiger partial charge in [0.2, 0.25) is 0 Å². The zero-order chi connectivity index (χ0) is 14.1. The Bertz CT molecular complexity index is 464. The Hall–Kier alpha value is -1.65. The summed E-state index contributed by atoms with van der Waals surface area (Å²) in [5.74, 6) is -4.27. The third-order valence-electron chi connectivity index (χ3n) is 2.28. The monoisotopic (exact) mass is 258 g/mol. The van der Waals surface area contributed by atoms with Gasteiger partial charge >= 0.3 is 5.97 Å². The van der Waals surface area contributed by atoms with Crippen LogP contribution in [0.15, 0.2) is 12.1 Å². The number of aromatic hydroxyl groups is 1. The van der Waals surface area contributed by atoms with Gasteiger partial charge in [0.25, 0.3) is 0 Å². The highest BCUT2D eigenvalue weighted by Gasteiger charge is 2.26. The van der Waals surface area contributed by atoms with Crippen molar-refractivity contribution >= 4 is 5.97 Å². The van der Waals surface area contributed by atoms with Crippen LogP contribution in [0.2, 0.25) is 0 Å². The van der Waals surface area contributed by atoms with E-state index in [1.807, 2.05) is 0 Å². The summed E-state index contributed by atoms with van der Waals surface area (Å²) in [6, 6.07) is 1.48. The van der Waals surface area contributed by atoms with Gasteiger partial charge in [0.05, 0.1) is 5.92 Å². The average Bonchev–Trinajstić information content (AvgIpc) is 2.19. The second-order valence-corrected chi connectivity index (χ2v) is 5.08. The molecule has 3 nitrogen and oxygen atoms in total. The van der Waals surface area contributed by atoms with Crippen molar-refractivity contribution in [1.82, 2.24) is 0 Å². The van der Waals surface area contributed by atoms with Gasteiger partial charge in [-0.25, -0.2) is 8.78 Å². The number of benzene rings is 1. The molecule has 0 amide bonds. The highest BCUT2D eigenvalue weighted by atomic mass is 19.1.